The minimum Gasteiger partial charge on any atom is -0.497 e. The molecule has 1 aromatic heterocycles. The molecule has 4 atom stereocenters. The van der Waals surface area contributed by atoms with E-state index in [1.165, 1.54) is 0 Å². The van der Waals surface area contributed by atoms with E-state index >= 15 is 0 Å². The van der Waals surface area contributed by atoms with E-state index in [4.69, 9.17) is 18.6 Å². The lowest BCUT2D eigenvalue weighted by molar-refractivity contribution is -0.136. The Morgan fingerprint density at radius 3 is 2.70 bits per heavy atom. The molecule has 2 saturated heterocycles. The van der Waals surface area contributed by atoms with Crippen LogP contribution in [0.25, 0.3) is 0 Å². The van der Waals surface area contributed by atoms with Crippen LogP contribution in [0.5, 0.6) is 11.5 Å². The smallest absolute Gasteiger partial charge is 0.231 e. The van der Waals surface area contributed by atoms with Crippen molar-refractivity contribution in [3.05, 3.63) is 54.5 Å². The summed E-state index contributed by atoms with van der Waals surface area (Å²) in [6.07, 6.45) is 4.98. The Morgan fingerprint density at radius 2 is 2.03 bits per heavy atom. The van der Waals surface area contributed by atoms with Gasteiger partial charge in [0.05, 0.1) is 51.5 Å². The van der Waals surface area contributed by atoms with Gasteiger partial charge < -0.3 is 28.8 Å². The van der Waals surface area contributed by atoms with Gasteiger partial charge in [-0.3, -0.25) is 9.59 Å². The summed E-state index contributed by atoms with van der Waals surface area (Å²) < 4.78 is 22.1. The van der Waals surface area contributed by atoms with Gasteiger partial charge in [-0.15, -0.1) is 0 Å². The predicted molar refractivity (Wildman–Crippen MR) is 106 cm³/mol. The van der Waals surface area contributed by atoms with E-state index in [-0.39, 0.29) is 11.8 Å². The van der Waals surface area contributed by atoms with E-state index in [0.29, 0.717) is 36.0 Å². The number of anilines is 1. The molecule has 3 aliphatic heterocycles. The van der Waals surface area contributed by atoms with Gasteiger partial charge in [0.15, 0.2) is 0 Å². The summed E-state index contributed by atoms with van der Waals surface area (Å²) in [6.45, 7) is 0.758. The van der Waals surface area contributed by atoms with Crippen LogP contribution in [0.4, 0.5) is 5.69 Å². The first-order valence-corrected chi connectivity index (χ1v) is 9.75. The fourth-order valence-electron chi connectivity index (χ4n) is 4.71. The van der Waals surface area contributed by atoms with Crippen LogP contribution in [-0.4, -0.2) is 49.2 Å². The summed E-state index contributed by atoms with van der Waals surface area (Å²) >= 11 is 0. The van der Waals surface area contributed by atoms with Crippen molar-refractivity contribution in [3.63, 3.8) is 0 Å². The third kappa shape index (κ3) is 2.87. The fraction of sp³-hybridized carbons (Fsp3) is 0.364. The maximum atomic E-state index is 13.2. The normalized spacial score (nSPS) is 28.7. The molecular formula is C22H22N2O6. The number of likely N-dealkylation sites (tertiary alicyclic amines) is 1. The second-order valence-corrected chi connectivity index (χ2v) is 7.76. The highest BCUT2D eigenvalue weighted by Gasteiger charge is 2.66. The van der Waals surface area contributed by atoms with E-state index in [1.54, 1.807) is 49.6 Å². The summed E-state index contributed by atoms with van der Waals surface area (Å²) in [5.74, 6) is 0.291. The zero-order valence-electron chi connectivity index (χ0n) is 16.7. The maximum Gasteiger partial charge on any atom is 0.231 e. The minimum absolute atomic E-state index is 0.0957. The molecule has 8 nitrogen and oxygen atoms in total. The monoisotopic (exact) mass is 410 g/mol. The molecule has 0 aliphatic carbocycles. The quantitative estimate of drug-likeness (QED) is 0.735. The fourth-order valence-corrected chi connectivity index (χ4v) is 4.71. The van der Waals surface area contributed by atoms with Crippen LogP contribution < -0.4 is 14.8 Å². The standard InChI is InChI=1S/C22H22N2O6/c1-27-15-8-13(9-16(10-15)28-2)23-20(25)18-17-5-6-22(30-17)12-24(21(26)19(18)22)11-14-4-3-7-29-14/h3-10,17-19H,11-12H2,1-2H3,(H,23,25)/t17-,18+,19-,22+/m1/s1. The number of ether oxygens (including phenoxy) is 3. The summed E-state index contributed by atoms with van der Waals surface area (Å²) in [5.41, 5.74) is -0.225. The number of carbonyl (C=O) groups excluding carboxylic acids is 2. The van der Waals surface area contributed by atoms with Gasteiger partial charge in [-0.2, -0.15) is 0 Å². The molecule has 2 fully saturated rings. The van der Waals surface area contributed by atoms with Crippen LogP contribution in [0.15, 0.2) is 53.2 Å². The summed E-state index contributed by atoms with van der Waals surface area (Å²) in [5, 5.41) is 2.91. The number of amides is 2. The number of methoxy groups -OCH3 is 2. The minimum atomic E-state index is -0.761. The molecule has 0 unspecified atom stereocenters. The van der Waals surface area contributed by atoms with Gasteiger partial charge >= 0.3 is 0 Å². The number of hydrogen-bond acceptors (Lipinski definition) is 6. The van der Waals surface area contributed by atoms with Gasteiger partial charge in [0.2, 0.25) is 11.8 Å². The van der Waals surface area contributed by atoms with Gasteiger partial charge in [-0.05, 0) is 12.1 Å². The molecule has 1 spiro atoms. The highest BCUT2D eigenvalue weighted by atomic mass is 16.5. The molecule has 0 saturated carbocycles. The van der Waals surface area contributed by atoms with Crippen molar-refractivity contribution >= 4 is 17.5 Å². The molecule has 3 aliphatic rings. The first kappa shape index (κ1) is 18.7. The lowest BCUT2D eigenvalue weighted by Gasteiger charge is -2.23. The number of fused-ring (bicyclic) bond motifs is 1. The van der Waals surface area contributed by atoms with Crippen LogP contribution in [-0.2, 0) is 20.9 Å². The Kier molecular flexibility index (Phi) is 4.32. The summed E-state index contributed by atoms with van der Waals surface area (Å²) in [7, 11) is 3.09. The molecule has 4 heterocycles. The molecule has 0 radical (unpaired) electrons. The van der Waals surface area contributed by atoms with Crippen molar-refractivity contribution in [1.29, 1.82) is 0 Å². The lowest BCUT2D eigenvalue weighted by Crippen LogP contribution is -2.41. The lowest BCUT2D eigenvalue weighted by atomic mass is 9.77. The van der Waals surface area contributed by atoms with Crippen molar-refractivity contribution in [1.82, 2.24) is 4.90 Å². The van der Waals surface area contributed by atoms with Crippen molar-refractivity contribution in [2.45, 2.75) is 18.2 Å². The molecule has 30 heavy (non-hydrogen) atoms. The number of nitrogens with one attached hydrogen (secondary N) is 1. The number of benzene rings is 1. The first-order valence-electron chi connectivity index (χ1n) is 9.75. The van der Waals surface area contributed by atoms with Crippen LogP contribution >= 0.6 is 0 Å². The van der Waals surface area contributed by atoms with E-state index in [0.717, 1.165) is 0 Å². The molecule has 2 bridgehead atoms. The molecule has 2 aromatic rings. The average molecular weight is 410 g/mol. The third-order valence-electron chi connectivity index (χ3n) is 6.03. The van der Waals surface area contributed by atoms with Gasteiger partial charge in [-0.25, -0.2) is 0 Å². The van der Waals surface area contributed by atoms with E-state index < -0.39 is 23.5 Å². The van der Waals surface area contributed by atoms with Crippen molar-refractivity contribution < 1.29 is 28.2 Å². The van der Waals surface area contributed by atoms with Gasteiger partial charge in [0.1, 0.15) is 22.9 Å². The molecule has 5 rings (SSSR count). The topological polar surface area (TPSA) is 90.2 Å². The highest BCUT2D eigenvalue weighted by molar-refractivity contribution is 5.99. The second kappa shape index (κ2) is 6.91. The number of nitrogens with zero attached hydrogens (tertiary/aromatic N) is 1. The zero-order chi connectivity index (χ0) is 20.9. The summed E-state index contributed by atoms with van der Waals surface area (Å²) in [6, 6.07) is 8.75. The average Bonchev–Trinajstić information content (AvgIpc) is 3.51. The van der Waals surface area contributed by atoms with E-state index in [9.17, 15) is 9.59 Å². The molecular weight excluding hydrogens is 388 g/mol. The third-order valence-corrected chi connectivity index (χ3v) is 6.03. The number of hydrogen-bond donors (Lipinski definition) is 1. The Balaban J connectivity index is 1.38. The van der Waals surface area contributed by atoms with Crippen molar-refractivity contribution in [2.75, 3.05) is 26.1 Å². The van der Waals surface area contributed by atoms with Gasteiger partial charge in [-0.1, -0.05) is 12.2 Å². The van der Waals surface area contributed by atoms with Crippen molar-refractivity contribution in [2.24, 2.45) is 11.8 Å². The Morgan fingerprint density at radius 1 is 1.27 bits per heavy atom. The van der Waals surface area contributed by atoms with Gasteiger partial charge in [0, 0.05) is 23.9 Å². The first-order chi connectivity index (χ1) is 14.5. The Labute approximate surface area is 173 Å². The number of carbonyl (C=O) groups is 2. The molecule has 1 N–H and O–H groups in total. The SMILES string of the molecule is COc1cc(NC(=O)[C@H]2[C@H]3C=C[C@@]4(CN(Cc5ccco5)C(=O)[C@@H]24)O3)cc(OC)c1. The summed E-state index contributed by atoms with van der Waals surface area (Å²) in [4.78, 5) is 28.1. The van der Waals surface area contributed by atoms with E-state index in [2.05, 4.69) is 5.32 Å². The Hall–Kier alpha value is -3.26. The molecule has 8 heteroatoms. The van der Waals surface area contributed by atoms with E-state index in [1.807, 2.05) is 18.2 Å². The van der Waals surface area contributed by atoms with Crippen LogP contribution in [0.1, 0.15) is 5.76 Å². The van der Waals surface area contributed by atoms with Crippen LogP contribution in [0.2, 0.25) is 0 Å². The van der Waals surface area contributed by atoms with Crippen molar-refractivity contribution in [3.8, 4) is 11.5 Å². The largest absolute Gasteiger partial charge is 0.497 e. The Bertz CT molecular complexity index is 994. The second-order valence-electron chi connectivity index (χ2n) is 7.76. The van der Waals surface area contributed by atoms with Gasteiger partial charge in [0.25, 0.3) is 0 Å². The maximum absolute atomic E-state index is 13.2. The molecule has 156 valence electrons. The van der Waals surface area contributed by atoms with Crippen LogP contribution in [0.3, 0.4) is 0 Å². The number of furan rings is 1. The highest BCUT2D eigenvalue weighted by Crippen LogP contribution is 2.52. The van der Waals surface area contributed by atoms with Crippen LogP contribution in [0, 0.1) is 11.8 Å². The molecule has 2 amide bonds. The molecule has 1 aromatic carbocycles. The zero-order valence-corrected chi connectivity index (χ0v) is 16.7. The number of rotatable bonds is 6. The predicted octanol–water partition coefficient (Wildman–Crippen LogP) is 2.22.